The van der Waals surface area contributed by atoms with Crippen molar-refractivity contribution in [1.82, 2.24) is 40.0 Å². The first kappa shape index (κ1) is 23.0. The maximum absolute atomic E-state index is 13.7. The number of H-pyrrole nitrogens is 2. The van der Waals surface area contributed by atoms with Gasteiger partial charge >= 0.3 is 0 Å². The van der Waals surface area contributed by atoms with Crippen molar-refractivity contribution in [2.24, 2.45) is 0 Å². The molecule has 7 heterocycles. The molecular formula is C26H19F3N8S. The molecule has 0 saturated carbocycles. The minimum absolute atomic E-state index is 0.118. The van der Waals surface area contributed by atoms with Crippen LogP contribution in [0.2, 0.25) is 0 Å². The van der Waals surface area contributed by atoms with Gasteiger partial charge in [-0.1, -0.05) is 0 Å². The molecule has 0 atom stereocenters. The second-order valence-corrected chi connectivity index (χ2v) is 10.4. The van der Waals surface area contributed by atoms with Crippen molar-refractivity contribution in [2.75, 3.05) is 13.1 Å². The smallest absolute Gasteiger partial charge is 0.261 e. The summed E-state index contributed by atoms with van der Waals surface area (Å²) in [4.78, 5) is 23.7. The molecule has 1 fully saturated rings. The first-order chi connectivity index (χ1) is 18.4. The zero-order valence-corrected chi connectivity index (χ0v) is 20.6. The molecule has 12 heteroatoms. The van der Waals surface area contributed by atoms with E-state index < -0.39 is 5.92 Å². The Morgan fingerprint density at radius 3 is 2.71 bits per heavy atom. The first-order valence-corrected chi connectivity index (χ1v) is 12.7. The molecule has 0 amide bonds. The summed E-state index contributed by atoms with van der Waals surface area (Å²) in [6.45, 7) is 0.533. The van der Waals surface area contributed by atoms with Crippen molar-refractivity contribution in [3.8, 4) is 33.1 Å². The van der Waals surface area contributed by atoms with Crippen LogP contribution in [0.3, 0.4) is 0 Å². The molecule has 0 aliphatic carbocycles. The van der Waals surface area contributed by atoms with Crippen LogP contribution in [0, 0.1) is 5.13 Å². The Balaban J connectivity index is 1.24. The lowest BCUT2D eigenvalue weighted by Gasteiger charge is -2.15. The average molecular weight is 533 g/mol. The number of fused-ring (bicyclic) bond motifs is 2. The second kappa shape index (κ2) is 8.71. The van der Waals surface area contributed by atoms with Gasteiger partial charge in [0.25, 0.3) is 5.92 Å². The maximum Gasteiger partial charge on any atom is 0.261 e. The van der Waals surface area contributed by atoms with E-state index in [1.54, 1.807) is 42.0 Å². The molecule has 0 spiro atoms. The zero-order chi connectivity index (χ0) is 25.9. The first-order valence-electron chi connectivity index (χ1n) is 11.9. The van der Waals surface area contributed by atoms with Crippen molar-refractivity contribution in [2.45, 2.75) is 18.9 Å². The molecule has 1 aliphatic heterocycles. The van der Waals surface area contributed by atoms with Gasteiger partial charge in [0.2, 0.25) is 0 Å². The quantitative estimate of drug-likeness (QED) is 0.297. The third-order valence-corrected chi connectivity index (χ3v) is 7.57. The fraction of sp³-hybridized carbons (Fsp3) is 0.192. The van der Waals surface area contributed by atoms with Crippen LogP contribution in [0.5, 0.6) is 0 Å². The standard InChI is InChI=1S/C26H19F3N8S/c27-21-2-1-20(38-21)18-10-31-11-19-22(18)34-25(33-19)23-17-6-16(9-32-24(17)36-35-23)15-5-14(7-30-8-15)12-37-4-3-26(28,29)13-37/h1-2,5-11H,3-4,12-13H2,(H,33,34)(H,32,35,36). The molecule has 38 heavy (non-hydrogen) atoms. The van der Waals surface area contributed by atoms with Gasteiger partial charge in [0, 0.05) is 65.9 Å². The third kappa shape index (κ3) is 4.11. The van der Waals surface area contributed by atoms with Crippen LogP contribution in [0.25, 0.3) is 55.2 Å². The Bertz CT molecular complexity index is 1810. The number of halogens is 3. The summed E-state index contributed by atoms with van der Waals surface area (Å²) in [6, 6.07) is 7.04. The van der Waals surface area contributed by atoms with E-state index in [1.165, 1.54) is 6.07 Å². The van der Waals surface area contributed by atoms with Crippen LogP contribution in [0.15, 0.2) is 55.2 Å². The van der Waals surface area contributed by atoms with Crippen molar-refractivity contribution in [1.29, 1.82) is 0 Å². The number of aromatic nitrogens is 7. The molecule has 6 aromatic heterocycles. The number of rotatable bonds is 5. The normalized spacial score (nSPS) is 15.7. The molecule has 7 rings (SSSR count). The number of nitrogens with one attached hydrogen (secondary N) is 2. The molecule has 0 radical (unpaired) electrons. The molecule has 2 N–H and O–H groups in total. The highest BCUT2D eigenvalue weighted by molar-refractivity contribution is 7.14. The summed E-state index contributed by atoms with van der Waals surface area (Å²) in [5.41, 5.74) is 5.79. The Kier molecular flexibility index (Phi) is 5.27. The van der Waals surface area contributed by atoms with Gasteiger partial charge < -0.3 is 4.98 Å². The molecule has 190 valence electrons. The number of imidazole rings is 1. The van der Waals surface area contributed by atoms with Crippen molar-refractivity contribution < 1.29 is 13.2 Å². The van der Waals surface area contributed by atoms with Gasteiger partial charge in [-0.15, -0.1) is 11.3 Å². The minimum atomic E-state index is -2.63. The SMILES string of the molecule is Fc1ccc(-c2cncc3[nH]c(-c4[nH]nc5ncc(-c6cncc(CN7CCC(F)(F)C7)c6)cc45)nc23)s1. The number of likely N-dealkylation sites (tertiary alicyclic amines) is 1. The predicted molar refractivity (Wildman–Crippen MR) is 138 cm³/mol. The van der Waals surface area contributed by atoms with Crippen LogP contribution in [0.4, 0.5) is 13.2 Å². The summed E-state index contributed by atoms with van der Waals surface area (Å²) in [5.74, 6) is -2.08. The number of nitrogens with zero attached hydrogens (tertiary/aromatic N) is 6. The Morgan fingerprint density at radius 2 is 1.89 bits per heavy atom. The molecule has 0 aromatic carbocycles. The number of hydrogen-bond donors (Lipinski definition) is 2. The Labute approximate surface area is 217 Å². The number of alkyl halides is 2. The highest BCUT2D eigenvalue weighted by Crippen LogP contribution is 2.34. The van der Waals surface area contributed by atoms with E-state index in [2.05, 4.69) is 30.1 Å². The van der Waals surface area contributed by atoms with Crippen molar-refractivity contribution >= 4 is 33.4 Å². The van der Waals surface area contributed by atoms with Gasteiger partial charge in [-0.2, -0.15) is 9.49 Å². The van der Waals surface area contributed by atoms with Gasteiger partial charge in [-0.25, -0.2) is 18.7 Å². The van der Waals surface area contributed by atoms with E-state index in [9.17, 15) is 13.2 Å². The van der Waals surface area contributed by atoms with Crippen LogP contribution >= 0.6 is 11.3 Å². The molecule has 8 nitrogen and oxygen atoms in total. The number of hydrogen-bond acceptors (Lipinski definition) is 7. The second-order valence-electron chi connectivity index (χ2n) is 9.36. The van der Waals surface area contributed by atoms with Crippen LogP contribution in [0.1, 0.15) is 12.0 Å². The van der Waals surface area contributed by atoms with Crippen LogP contribution in [-0.2, 0) is 6.54 Å². The van der Waals surface area contributed by atoms with Gasteiger partial charge in [-0.3, -0.25) is 20.0 Å². The Morgan fingerprint density at radius 1 is 1.03 bits per heavy atom. The van der Waals surface area contributed by atoms with Gasteiger partial charge in [0.15, 0.2) is 16.6 Å². The van der Waals surface area contributed by atoms with E-state index >= 15 is 0 Å². The lowest BCUT2D eigenvalue weighted by Crippen LogP contribution is -2.24. The van der Waals surface area contributed by atoms with E-state index in [-0.39, 0.29) is 18.1 Å². The lowest BCUT2D eigenvalue weighted by atomic mass is 10.1. The predicted octanol–water partition coefficient (Wildman–Crippen LogP) is 5.67. The molecule has 6 aromatic rings. The topological polar surface area (TPSA) is 99.3 Å². The fourth-order valence-corrected chi connectivity index (χ4v) is 5.60. The van der Waals surface area contributed by atoms with E-state index in [1.807, 2.05) is 12.1 Å². The number of pyridine rings is 3. The summed E-state index contributed by atoms with van der Waals surface area (Å²) in [7, 11) is 0. The number of thiophene rings is 1. The Hall–Kier alpha value is -4.16. The summed E-state index contributed by atoms with van der Waals surface area (Å²) < 4.78 is 40.9. The minimum Gasteiger partial charge on any atom is -0.335 e. The summed E-state index contributed by atoms with van der Waals surface area (Å²) in [5, 5.41) is 7.83. The highest BCUT2D eigenvalue weighted by atomic mass is 32.1. The van der Waals surface area contributed by atoms with E-state index in [0.717, 1.165) is 43.9 Å². The largest absolute Gasteiger partial charge is 0.335 e. The van der Waals surface area contributed by atoms with Gasteiger partial charge in [0.05, 0.1) is 23.6 Å². The molecule has 1 aliphatic rings. The van der Waals surface area contributed by atoms with Crippen molar-refractivity contribution in [3.63, 3.8) is 0 Å². The monoisotopic (exact) mass is 532 g/mol. The van der Waals surface area contributed by atoms with Crippen LogP contribution < -0.4 is 0 Å². The fourth-order valence-electron chi connectivity index (χ4n) is 4.86. The highest BCUT2D eigenvalue weighted by Gasteiger charge is 2.37. The molecule has 0 unspecified atom stereocenters. The summed E-state index contributed by atoms with van der Waals surface area (Å²) in [6.07, 6.45) is 8.37. The zero-order valence-electron chi connectivity index (χ0n) is 19.8. The summed E-state index contributed by atoms with van der Waals surface area (Å²) >= 11 is 1.04. The maximum atomic E-state index is 13.7. The van der Waals surface area contributed by atoms with Crippen LogP contribution in [-0.4, -0.2) is 59.0 Å². The molecule has 0 bridgehead atoms. The van der Waals surface area contributed by atoms with Crippen molar-refractivity contribution in [3.05, 3.63) is 65.9 Å². The van der Waals surface area contributed by atoms with E-state index in [4.69, 9.17) is 4.98 Å². The number of aromatic amines is 2. The molecular weight excluding hydrogens is 513 g/mol. The van der Waals surface area contributed by atoms with Gasteiger partial charge in [-0.05, 0) is 29.8 Å². The molecule has 1 saturated heterocycles. The lowest BCUT2D eigenvalue weighted by molar-refractivity contribution is 0.0115. The van der Waals surface area contributed by atoms with E-state index in [0.29, 0.717) is 41.3 Å². The average Bonchev–Trinajstić information content (AvgIpc) is 3.69. The third-order valence-electron chi connectivity index (χ3n) is 6.66. The van der Waals surface area contributed by atoms with Gasteiger partial charge in [0.1, 0.15) is 11.2 Å².